The molecule has 6 nitrogen and oxygen atoms in total. The Balaban J connectivity index is 4.50. The predicted molar refractivity (Wildman–Crippen MR) is 279 cm³/mol. The SMILES string of the molecule is CCCCC/C=C\C/C=C\C/C=C\C/C=C\CCCC(=O)OC[C@H](COC(=O)CCCCCCC/C=C\C/C=C\CCCCC)OC(=O)CCCCCCCCC/C=C\CCCCCC. The van der Waals surface area contributed by atoms with E-state index in [1.807, 2.05) is 0 Å². The summed E-state index contributed by atoms with van der Waals surface area (Å²) in [5.74, 6) is -0.977. The first-order valence-corrected chi connectivity index (χ1v) is 27.1. The summed E-state index contributed by atoms with van der Waals surface area (Å²) in [6.07, 6.45) is 68.5. The minimum absolute atomic E-state index is 0.103. The first kappa shape index (κ1) is 61.6. The molecule has 0 aliphatic rings. The Morgan fingerprint density at radius 2 is 0.569 bits per heavy atom. The highest BCUT2D eigenvalue weighted by Gasteiger charge is 2.19. The zero-order valence-corrected chi connectivity index (χ0v) is 42.5. The average molecular weight is 905 g/mol. The molecule has 0 radical (unpaired) electrons. The van der Waals surface area contributed by atoms with Crippen LogP contribution in [0.5, 0.6) is 0 Å². The Kier molecular flexibility index (Phi) is 50.4. The minimum Gasteiger partial charge on any atom is -0.462 e. The van der Waals surface area contributed by atoms with Crippen LogP contribution in [0.4, 0.5) is 0 Å². The molecule has 0 aromatic rings. The molecule has 0 amide bonds. The Hall–Kier alpha value is -3.41. The lowest BCUT2D eigenvalue weighted by Crippen LogP contribution is -2.30. The third-order valence-corrected chi connectivity index (χ3v) is 11.3. The fourth-order valence-electron chi connectivity index (χ4n) is 7.22. The molecular formula is C59H100O6. The molecule has 0 heterocycles. The fourth-order valence-corrected chi connectivity index (χ4v) is 7.22. The molecule has 0 aliphatic carbocycles. The second-order valence-electron chi connectivity index (χ2n) is 17.8. The van der Waals surface area contributed by atoms with Gasteiger partial charge in [-0.05, 0) is 116 Å². The smallest absolute Gasteiger partial charge is 0.306 e. The molecule has 0 N–H and O–H groups in total. The molecule has 0 fully saturated rings. The van der Waals surface area contributed by atoms with E-state index in [2.05, 4.69) is 106 Å². The highest BCUT2D eigenvalue weighted by Crippen LogP contribution is 2.13. The molecule has 372 valence electrons. The summed E-state index contributed by atoms with van der Waals surface area (Å²) >= 11 is 0. The quantitative estimate of drug-likeness (QED) is 0.0262. The lowest BCUT2D eigenvalue weighted by molar-refractivity contribution is -0.167. The number of allylic oxidation sites excluding steroid dienone is 14. The van der Waals surface area contributed by atoms with Crippen molar-refractivity contribution in [1.29, 1.82) is 0 Å². The van der Waals surface area contributed by atoms with Gasteiger partial charge >= 0.3 is 17.9 Å². The van der Waals surface area contributed by atoms with Crippen molar-refractivity contribution >= 4 is 17.9 Å². The zero-order chi connectivity index (χ0) is 47.2. The van der Waals surface area contributed by atoms with Gasteiger partial charge in [-0.25, -0.2) is 0 Å². The third-order valence-electron chi connectivity index (χ3n) is 11.3. The van der Waals surface area contributed by atoms with Gasteiger partial charge in [-0.2, -0.15) is 0 Å². The van der Waals surface area contributed by atoms with E-state index in [1.54, 1.807) is 0 Å². The zero-order valence-electron chi connectivity index (χ0n) is 42.5. The number of rotatable bonds is 48. The van der Waals surface area contributed by atoms with Crippen LogP contribution in [0, 0.1) is 0 Å². The van der Waals surface area contributed by atoms with Crippen LogP contribution in [0.25, 0.3) is 0 Å². The van der Waals surface area contributed by atoms with Crippen LogP contribution in [-0.2, 0) is 28.6 Å². The van der Waals surface area contributed by atoms with Crippen LogP contribution >= 0.6 is 0 Å². The summed E-state index contributed by atoms with van der Waals surface area (Å²) in [7, 11) is 0. The predicted octanol–water partition coefficient (Wildman–Crippen LogP) is 18.0. The van der Waals surface area contributed by atoms with Crippen molar-refractivity contribution in [2.45, 2.75) is 258 Å². The first-order chi connectivity index (χ1) is 32.0. The third kappa shape index (κ3) is 51.4. The Morgan fingerprint density at radius 1 is 0.308 bits per heavy atom. The first-order valence-electron chi connectivity index (χ1n) is 27.1. The number of hydrogen-bond acceptors (Lipinski definition) is 6. The van der Waals surface area contributed by atoms with Crippen LogP contribution in [0.15, 0.2) is 85.1 Å². The highest BCUT2D eigenvalue weighted by atomic mass is 16.6. The van der Waals surface area contributed by atoms with E-state index in [4.69, 9.17) is 14.2 Å². The topological polar surface area (TPSA) is 78.9 Å². The molecule has 65 heavy (non-hydrogen) atoms. The van der Waals surface area contributed by atoms with Gasteiger partial charge in [-0.15, -0.1) is 0 Å². The van der Waals surface area contributed by atoms with Crippen LogP contribution in [0.3, 0.4) is 0 Å². The average Bonchev–Trinajstić information content (AvgIpc) is 3.30. The van der Waals surface area contributed by atoms with Crippen LogP contribution < -0.4 is 0 Å². The molecule has 1 atom stereocenters. The Labute approximate surface area is 401 Å². The maximum Gasteiger partial charge on any atom is 0.306 e. The van der Waals surface area contributed by atoms with Crippen LogP contribution in [0.1, 0.15) is 252 Å². The fraction of sp³-hybridized carbons (Fsp3) is 0.712. The maximum absolute atomic E-state index is 12.8. The summed E-state index contributed by atoms with van der Waals surface area (Å²) in [6.45, 7) is 6.51. The lowest BCUT2D eigenvalue weighted by atomic mass is 10.1. The number of carbonyl (C=O) groups is 3. The minimum atomic E-state index is -0.807. The van der Waals surface area contributed by atoms with Crippen LogP contribution in [-0.4, -0.2) is 37.2 Å². The number of esters is 3. The van der Waals surface area contributed by atoms with Gasteiger partial charge < -0.3 is 14.2 Å². The van der Waals surface area contributed by atoms with Gasteiger partial charge in [0.05, 0.1) is 0 Å². The van der Waals surface area contributed by atoms with Gasteiger partial charge in [0.1, 0.15) is 13.2 Å². The summed E-state index contributed by atoms with van der Waals surface area (Å²) < 4.78 is 16.8. The molecule has 0 spiro atoms. The van der Waals surface area contributed by atoms with E-state index in [9.17, 15) is 14.4 Å². The van der Waals surface area contributed by atoms with E-state index in [-0.39, 0.29) is 37.5 Å². The van der Waals surface area contributed by atoms with Crippen molar-refractivity contribution in [3.05, 3.63) is 85.1 Å². The van der Waals surface area contributed by atoms with Crippen molar-refractivity contribution in [2.24, 2.45) is 0 Å². The maximum atomic E-state index is 12.8. The van der Waals surface area contributed by atoms with Gasteiger partial charge in [-0.1, -0.05) is 202 Å². The van der Waals surface area contributed by atoms with Crippen molar-refractivity contribution in [2.75, 3.05) is 13.2 Å². The molecule has 0 rings (SSSR count). The Morgan fingerprint density at radius 3 is 0.969 bits per heavy atom. The van der Waals surface area contributed by atoms with Crippen molar-refractivity contribution in [3.63, 3.8) is 0 Å². The number of carbonyl (C=O) groups excluding carboxylic acids is 3. The molecule has 0 saturated carbocycles. The largest absolute Gasteiger partial charge is 0.462 e. The Bertz CT molecular complexity index is 1270. The molecule has 0 unspecified atom stereocenters. The summed E-state index contributed by atoms with van der Waals surface area (Å²) in [6, 6.07) is 0. The molecular weight excluding hydrogens is 805 g/mol. The van der Waals surface area contributed by atoms with E-state index in [0.717, 1.165) is 89.9 Å². The van der Waals surface area contributed by atoms with Crippen molar-refractivity contribution in [1.82, 2.24) is 0 Å². The van der Waals surface area contributed by atoms with Gasteiger partial charge in [0.2, 0.25) is 0 Å². The number of ether oxygens (including phenoxy) is 3. The summed E-state index contributed by atoms with van der Waals surface area (Å²) in [5.41, 5.74) is 0. The summed E-state index contributed by atoms with van der Waals surface area (Å²) in [4.78, 5) is 38.0. The van der Waals surface area contributed by atoms with Gasteiger partial charge in [-0.3, -0.25) is 14.4 Å². The highest BCUT2D eigenvalue weighted by molar-refractivity contribution is 5.71. The normalized spacial score (nSPS) is 12.7. The second-order valence-corrected chi connectivity index (χ2v) is 17.8. The van der Waals surface area contributed by atoms with E-state index < -0.39 is 6.10 Å². The lowest BCUT2D eigenvalue weighted by Gasteiger charge is -2.18. The standard InChI is InChI=1S/C59H100O6/c1-4-7-10-13-16-19-22-25-28-29-32-34-37-40-43-46-49-52-58(61)64-55-56(65-59(62)53-50-47-44-41-38-35-31-27-24-21-18-15-12-9-6-3)54-63-57(60)51-48-45-42-39-36-33-30-26-23-20-17-14-11-8-5-2/h16-17,19-21,24-26,28,30,32,34,40,43,56H,4-15,18,22-23,27,29,31,33,35-39,41-42,44-55H2,1-3H3/b19-16-,20-17-,24-21-,28-25-,30-26-,34-32-,43-40-/t56-/m0/s1. The van der Waals surface area contributed by atoms with Gasteiger partial charge in [0.15, 0.2) is 6.10 Å². The van der Waals surface area contributed by atoms with Crippen LogP contribution in [0.2, 0.25) is 0 Å². The number of hydrogen-bond donors (Lipinski definition) is 0. The van der Waals surface area contributed by atoms with Crippen molar-refractivity contribution in [3.8, 4) is 0 Å². The van der Waals surface area contributed by atoms with E-state index >= 15 is 0 Å². The molecule has 0 aromatic carbocycles. The molecule has 0 aromatic heterocycles. The summed E-state index contributed by atoms with van der Waals surface area (Å²) in [5, 5.41) is 0. The molecule has 0 bridgehead atoms. The monoisotopic (exact) mass is 905 g/mol. The molecule has 0 aliphatic heterocycles. The number of unbranched alkanes of at least 4 members (excludes halogenated alkanes) is 23. The van der Waals surface area contributed by atoms with Gasteiger partial charge in [0, 0.05) is 19.3 Å². The van der Waals surface area contributed by atoms with E-state index in [0.29, 0.717) is 19.3 Å². The van der Waals surface area contributed by atoms with Crippen molar-refractivity contribution < 1.29 is 28.6 Å². The van der Waals surface area contributed by atoms with E-state index in [1.165, 1.54) is 116 Å². The second kappa shape index (κ2) is 53.2. The molecule has 6 heteroatoms. The molecule has 0 saturated heterocycles. The van der Waals surface area contributed by atoms with Gasteiger partial charge in [0.25, 0.3) is 0 Å².